The van der Waals surface area contributed by atoms with Crippen molar-refractivity contribution in [2.24, 2.45) is 0 Å². The van der Waals surface area contributed by atoms with E-state index in [4.69, 9.17) is 21.1 Å². The number of ether oxygens (including phenoxy) is 2. The lowest BCUT2D eigenvalue weighted by Gasteiger charge is -2.10. The highest BCUT2D eigenvalue weighted by molar-refractivity contribution is 6.30. The van der Waals surface area contributed by atoms with Gasteiger partial charge in [-0.1, -0.05) is 23.7 Å². The molecule has 0 spiro atoms. The molecule has 3 aromatic rings. The number of nitrogens with zero attached hydrogens (tertiary/aromatic N) is 2. The molecule has 2 aromatic carbocycles. The Bertz CT molecular complexity index is 925. The summed E-state index contributed by atoms with van der Waals surface area (Å²) >= 11 is 5.83. The average Bonchev–Trinajstić information content (AvgIpc) is 3.16. The lowest BCUT2D eigenvalue weighted by atomic mass is 10.1. The van der Waals surface area contributed by atoms with Gasteiger partial charge in [-0.05, 0) is 55.3 Å². The van der Waals surface area contributed by atoms with E-state index in [0.717, 1.165) is 23.5 Å². The molecule has 0 atom stereocenters. The van der Waals surface area contributed by atoms with E-state index in [1.165, 1.54) is 0 Å². The molecule has 1 amide bonds. The Morgan fingerprint density at radius 2 is 1.90 bits per heavy atom. The molecule has 0 bridgehead atoms. The number of hydrogen-bond donors (Lipinski definition) is 1. The minimum atomic E-state index is -0.105. The van der Waals surface area contributed by atoms with Crippen LogP contribution in [0.15, 0.2) is 60.9 Å². The maximum absolute atomic E-state index is 12.4. The van der Waals surface area contributed by atoms with E-state index in [2.05, 4.69) is 10.4 Å². The molecule has 29 heavy (non-hydrogen) atoms. The normalized spacial score (nSPS) is 10.6. The second-order valence-corrected chi connectivity index (χ2v) is 6.86. The molecule has 0 aliphatic rings. The van der Waals surface area contributed by atoms with Gasteiger partial charge in [0.2, 0.25) is 0 Å². The van der Waals surface area contributed by atoms with Crippen LogP contribution in [0.3, 0.4) is 0 Å². The predicted octanol–water partition coefficient (Wildman–Crippen LogP) is 4.33. The Morgan fingerprint density at radius 3 is 2.59 bits per heavy atom. The number of amides is 1. The number of carbonyl (C=O) groups excluding carboxylic acids is 1. The number of hydrogen-bond acceptors (Lipinski definition) is 4. The third kappa shape index (κ3) is 6.54. The van der Waals surface area contributed by atoms with Crippen molar-refractivity contribution in [3.63, 3.8) is 0 Å². The Balaban J connectivity index is 1.45. The predicted molar refractivity (Wildman–Crippen MR) is 113 cm³/mol. The molecule has 1 N–H and O–H groups in total. The molecule has 1 heterocycles. The van der Waals surface area contributed by atoms with Gasteiger partial charge in [-0.25, -0.2) is 0 Å². The second-order valence-electron chi connectivity index (χ2n) is 6.42. The van der Waals surface area contributed by atoms with Crippen LogP contribution in [-0.4, -0.2) is 28.8 Å². The maximum atomic E-state index is 12.4. The zero-order chi connectivity index (χ0) is 20.5. The summed E-state index contributed by atoms with van der Waals surface area (Å²) in [6.45, 7) is 4.22. The van der Waals surface area contributed by atoms with Crippen molar-refractivity contribution in [1.82, 2.24) is 15.1 Å². The van der Waals surface area contributed by atoms with Crippen LogP contribution in [-0.2, 0) is 13.2 Å². The maximum Gasteiger partial charge on any atom is 0.251 e. The largest absolute Gasteiger partial charge is 0.494 e. The monoisotopic (exact) mass is 413 g/mol. The number of benzene rings is 2. The molecule has 0 aliphatic carbocycles. The van der Waals surface area contributed by atoms with Crippen molar-refractivity contribution in [2.75, 3.05) is 13.2 Å². The molecule has 6 nitrogen and oxygen atoms in total. The SMILES string of the molecule is CCOc1ccc(OCc2cccc(C(=O)NCCCn3cc(Cl)cn3)c2)cc1. The van der Waals surface area contributed by atoms with Crippen LogP contribution in [0.4, 0.5) is 0 Å². The Hall–Kier alpha value is -2.99. The van der Waals surface area contributed by atoms with Crippen molar-refractivity contribution in [1.29, 1.82) is 0 Å². The van der Waals surface area contributed by atoms with Crippen LogP contribution < -0.4 is 14.8 Å². The van der Waals surface area contributed by atoms with Crippen LogP contribution >= 0.6 is 11.6 Å². The summed E-state index contributed by atoms with van der Waals surface area (Å²) in [7, 11) is 0. The molecule has 0 fully saturated rings. The van der Waals surface area contributed by atoms with Crippen LogP contribution in [0.5, 0.6) is 11.5 Å². The van der Waals surface area contributed by atoms with E-state index >= 15 is 0 Å². The summed E-state index contributed by atoms with van der Waals surface area (Å²) in [5.41, 5.74) is 1.54. The molecular weight excluding hydrogens is 390 g/mol. The zero-order valence-corrected chi connectivity index (χ0v) is 17.1. The van der Waals surface area contributed by atoms with Crippen molar-refractivity contribution in [2.45, 2.75) is 26.5 Å². The van der Waals surface area contributed by atoms with Gasteiger partial charge in [0.1, 0.15) is 18.1 Å². The standard InChI is InChI=1S/C22H24ClN3O3/c1-2-28-20-7-9-21(10-8-20)29-16-17-5-3-6-18(13-17)22(27)24-11-4-12-26-15-19(23)14-25-26/h3,5-10,13-15H,2,4,11-12,16H2,1H3,(H,24,27). The number of nitrogens with one attached hydrogen (secondary N) is 1. The van der Waals surface area contributed by atoms with E-state index in [1.807, 2.05) is 49.4 Å². The Kier molecular flexibility index (Phi) is 7.53. The lowest BCUT2D eigenvalue weighted by molar-refractivity contribution is 0.0952. The van der Waals surface area contributed by atoms with Gasteiger partial charge in [0.15, 0.2) is 0 Å². The quantitative estimate of drug-likeness (QED) is 0.502. The molecule has 3 rings (SSSR count). The summed E-state index contributed by atoms with van der Waals surface area (Å²) in [6, 6.07) is 14.9. The molecular formula is C22H24ClN3O3. The highest BCUT2D eigenvalue weighted by Gasteiger charge is 2.06. The zero-order valence-electron chi connectivity index (χ0n) is 16.3. The minimum absolute atomic E-state index is 0.105. The van der Waals surface area contributed by atoms with Gasteiger partial charge in [-0.3, -0.25) is 9.48 Å². The molecule has 0 unspecified atom stereocenters. The molecule has 0 aliphatic heterocycles. The van der Waals surface area contributed by atoms with Gasteiger partial charge >= 0.3 is 0 Å². The van der Waals surface area contributed by atoms with Crippen molar-refractivity contribution in [3.8, 4) is 11.5 Å². The van der Waals surface area contributed by atoms with Gasteiger partial charge in [-0.2, -0.15) is 5.10 Å². The molecule has 0 radical (unpaired) electrons. The minimum Gasteiger partial charge on any atom is -0.494 e. The summed E-state index contributed by atoms with van der Waals surface area (Å²) in [5.74, 6) is 1.46. The summed E-state index contributed by atoms with van der Waals surface area (Å²) in [4.78, 5) is 12.4. The third-order valence-corrected chi connectivity index (χ3v) is 4.38. The molecule has 7 heteroatoms. The summed E-state index contributed by atoms with van der Waals surface area (Å²) in [5, 5.41) is 7.65. The number of carbonyl (C=O) groups is 1. The van der Waals surface area contributed by atoms with Gasteiger partial charge in [0, 0.05) is 24.8 Å². The van der Waals surface area contributed by atoms with E-state index in [1.54, 1.807) is 23.1 Å². The number of aromatic nitrogens is 2. The molecule has 0 saturated carbocycles. The van der Waals surface area contributed by atoms with Crippen LogP contribution in [0.1, 0.15) is 29.3 Å². The number of aryl methyl sites for hydroxylation is 1. The van der Waals surface area contributed by atoms with Crippen molar-refractivity contribution < 1.29 is 14.3 Å². The first-order chi connectivity index (χ1) is 14.1. The number of halogens is 1. The highest BCUT2D eigenvalue weighted by atomic mass is 35.5. The number of rotatable bonds is 10. The van der Waals surface area contributed by atoms with E-state index < -0.39 is 0 Å². The summed E-state index contributed by atoms with van der Waals surface area (Å²) in [6.07, 6.45) is 4.13. The van der Waals surface area contributed by atoms with Gasteiger partial charge in [0.25, 0.3) is 5.91 Å². The van der Waals surface area contributed by atoms with Gasteiger partial charge < -0.3 is 14.8 Å². The first-order valence-corrected chi connectivity index (χ1v) is 9.92. The first-order valence-electron chi connectivity index (χ1n) is 9.55. The van der Waals surface area contributed by atoms with E-state index in [9.17, 15) is 4.79 Å². The molecule has 1 aromatic heterocycles. The lowest BCUT2D eigenvalue weighted by Crippen LogP contribution is -2.25. The fourth-order valence-electron chi connectivity index (χ4n) is 2.77. The Morgan fingerprint density at radius 1 is 1.14 bits per heavy atom. The fourth-order valence-corrected chi connectivity index (χ4v) is 2.93. The van der Waals surface area contributed by atoms with Crippen molar-refractivity contribution in [3.05, 3.63) is 77.1 Å². The van der Waals surface area contributed by atoms with Gasteiger partial charge in [0.05, 0.1) is 17.8 Å². The third-order valence-electron chi connectivity index (χ3n) is 4.18. The van der Waals surface area contributed by atoms with Crippen LogP contribution in [0.2, 0.25) is 5.02 Å². The smallest absolute Gasteiger partial charge is 0.251 e. The van der Waals surface area contributed by atoms with Crippen molar-refractivity contribution >= 4 is 17.5 Å². The van der Waals surface area contributed by atoms with E-state index in [0.29, 0.717) is 36.9 Å². The fraction of sp³-hybridized carbons (Fsp3) is 0.273. The first kappa shape index (κ1) is 20.7. The second kappa shape index (κ2) is 10.5. The van der Waals surface area contributed by atoms with Gasteiger partial charge in [-0.15, -0.1) is 0 Å². The Labute approximate surface area is 175 Å². The topological polar surface area (TPSA) is 65.4 Å². The highest BCUT2D eigenvalue weighted by Crippen LogP contribution is 2.19. The molecule has 152 valence electrons. The summed E-state index contributed by atoms with van der Waals surface area (Å²) < 4.78 is 13.0. The van der Waals surface area contributed by atoms with E-state index in [-0.39, 0.29) is 5.91 Å². The molecule has 0 saturated heterocycles. The van der Waals surface area contributed by atoms with Crippen LogP contribution in [0.25, 0.3) is 0 Å². The van der Waals surface area contributed by atoms with Crippen LogP contribution in [0, 0.1) is 0 Å². The average molecular weight is 414 g/mol.